The molecule has 2 amide bonds. The maximum Gasteiger partial charge on any atom is 0.223 e. The lowest BCUT2D eigenvalue weighted by atomic mass is 9.81. The van der Waals surface area contributed by atoms with Crippen molar-refractivity contribution in [3.8, 4) is 0 Å². The van der Waals surface area contributed by atoms with E-state index in [9.17, 15) is 9.59 Å². The Balaban J connectivity index is 0.000000405. The second kappa shape index (κ2) is 10.7. The van der Waals surface area contributed by atoms with Gasteiger partial charge in [0.05, 0.1) is 0 Å². The monoisotopic (exact) mass is 340 g/mol. The van der Waals surface area contributed by atoms with Gasteiger partial charge in [-0.05, 0) is 51.4 Å². The predicted molar refractivity (Wildman–Crippen MR) is 102 cm³/mol. The van der Waals surface area contributed by atoms with E-state index >= 15 is 0 Å². The first-order chi connectivity index (χ1) is 11.1. The summed E-state index contributed by atoms with van der Waals surface area (Å²) in [6, 6.07) is 0. The van der Waals surface area contributed by atoms with Crippen LogP contribution in [0.5, 0.6) is 0 Å². The highest BCUT2D eigenvalue weighted by Crippen LogP contribution is 2.27. The average Bonchev–Trinajstić information content (AvgIpc) is 2.48. The third kappa shape index (κ3) is 7.67. The van der Waals surface area contributed by atoms with Gasteiger partial charge in [-0.2, -0.15) is 0 Å². The van der Waals surface area contributed by atoms with Crippen molar-refractivity contribution in [2.45, 2.75) is 86.6 Å². The molecule has 142 valence electrons. The Kier molecular flexibility index (Phi) is 10.3. The molecule has 2 aliphatic heterocycles. The maximum absolute atomic E-state index is 11.5. The third-order valence-electron chi connectivity index (χ3n) is 4.82. The molecule has 2 rings (SSSR count). The van der Waals surface area contributed by atoms with Crippen LogP contribution in [-0.2, 0) is 9.59 Å². The van der Waals surface area contributed by atoms with E-state index in [1.807, 2.05) is 13.8 Å². The molecule has 2 aliphatic rings. The Morgan fingerprint density at radius 2 is 1.42 bits per heavy atom. The summed E-state index contributed by atoms with van der Waals surface area (Å²) in [6.07, 6.45) is 4.36. The van der Waals surface area contributed by atoms with E-state index in [0.29, 0.717) is 11.8 Å². The molecular formula is C20H40N2O2. The summed E-state index contributed by atoms with van der Waals surface area (Å²) >= 11 is 0. The van der Waals surface area contributed by atoms with Crippen LogP contribution in [0.3, 0.4) is 0 Å². The minimum absolute atomic E-state index is 0.0163. The number of rotatable bonds is 2. The van der Waals surface area contributed by atoms with Crippen molar-refractivity contribution in [3.05, 3.63) is 0 Å². The van der Waals surface area contributed by atoms with E-state index in [0.717, 1.165) is 32.2 Å². The number of carbonyl (C=O) groups is 2. The first kappa shape index (κ1) is 22.9. The van der Waals surface area contributed by atoms with Crippen LogP contribution >= 0.6 is 0 Å². The number of carbonyl (C=O) groups excluding carboxylic acids is 2. The Morgan fingerprint density at radius 3 is 1.79 bits per heavy atom. The van der Waals surface area contributed by atoms with Gasteiger partial charge in [-0.25, -0.2) is 0 Å². The molecule has 4 heteroatoms. The van der Waals surface area contributed by atoms with E-state index in [-0.39, 0.29) is 29.2 Å². The number of hydrogen-bond acceptors (Lipinski definition) is 2. The highest BCUT2D eigenvalue weighted by Gasteiger charge is 2.33. The summed E-state index contributed by atoms with van der Waals surface area (Å²) in [7, 11) is 0. The van der Waals surface area contributed by atoms with Crippen LogP contribution in [0, 0.1) is 23.7 Å². The van der Waals surface area contributed by atoms with E-state index in [2.05, 4.69) is 52.2 Å². The SMILES string of the molecule is CC.CC(C)C1CCC(C)(C)NC1=O.CC(C)C1CCCNC1=O. The van der Waals surface area contributed by atoms with Crippen molar-refractivity contribution < 1.29 is 9.59 Å². The Labute approximate surface area is 149 Å². The van der Waals surface area contributed by atoms with Crippen LogP contribution in [-0.4, -0.2) is 23.9 Å². The number of hydrogen-bond donors (Lipinski definition) is 2. The highest BCUT2D eigenvalue weighted by atomic mass is 16.2. The van der Waals surface area contributed by atoms with Crippen molar-refractivity contribution in [1.82, 2.24) is 10.6 Å². The van der Waals surface area contributed by atoms with Gasteiger partial charge >= 0.3 is 0 Å². The van der Waals surface area contributed by atoms with Crippen LogP contribution in [0.2, 0.25) is 0 Å². The van der Waals surface area contributed by atoms with Gasteiger partial charge in [-0.15, -0.1) is 0 Å². The van der Waals surface area contributed by atoms with E-state index < -0.39 is 0 Å². The number of nitrogens with one attached hydrogen (secondary N) is 2. The molecule has 0 aromatic carbocycles. The zero-order valence-electron chi connectivity index (χ0n) is 17.2. The van der Waals surface area contributed by atoms with Crippen molar-refractivity contribution in [2.24, 2.45) is 23.7 Å². The Hall–Kier alpha value is -1.06. The van der Waals surface area contributed by atoms with Gasteiger partial charge < -0.3 is 10.6 Å². The lowest BCUT2D eigenvalue weighted by molar-refractivity contribution is -0.131. The fraction of sp³-hybridized carbons (Fsp3) is 0.900. The molecule has 0 aliphatic carbocycles. The molecule has 2 unspecified atom stereocenters. The summed E-state index contributed by atoms with van der Waals surface area (Å²) in [5.41, 5.74) is 0.0163. The predicted octanol–water partition coefficient (Wildman–Crippen LogP) is 4.14. The molecule has 0 radical (unpaired) electrons. The molecule has 4 nitrogen and oxygen atoms in total. The Bertz CT molecular complexity index is 389. The molecule has 24 heavy (non-hydrogen) atoms. The van der Waals surface area contributed by atoms with Gasteiger partial charge in [-0.3, -0.25) is 9.59 Å². The van der Waals surface area contributed by atoms with E-state index in [1.165, 1.54) is 0 Å². The van der Waals surface area contributed by atoms with Crippen molar-refractivity contribution in [3.63, 3.8) is 0 Å². The van der Waals surface area contributed by atoms with Gasteiger partial charge in [0.1, 0.15) is 0 Å². The normalized spacial score (nSPS) is 25.8. The van der Waals surface area contributed by atoms with Crippen molar-refractivity contribution in [2.75, 3.05) is 6.54 Å². The van der Waals surface area contributed by atoms with Crippen molar-refractivity contribution >= 4 is 11.8 Å². The topological polar surface area (TPSA) is 58.2 Å². The molecule has 0 spiro atoms. The minimum Gasteiger partial charge on any atom is -0.356 e. The van der Waals surface area contributed by atoms with E-state index in [1.54, 1.807) is 0 Å². The largest absolute Gasteiger partial charge is 0.356 e. The molecule has 2 saturated heterocycles. The molecule has 0 bridgehead atoms. The van der Waals surface area contributed by atoms with Crippen LogP contribution in [0.25, 0.3) is 0 Å². The Morgan fingerprint density at radius 1 is 0.917 bits per heavy atom. The van der Waals surface area contributed by atoms with Gasteiger partial charge in [0.15, 0.2) is 0 Å². The number of amides is 2. The molecule has 0 saturated carbocycles. The second-order valence-electron chi connectivity index (χ2n) is 8.05. The summed E-state index contributed by atoms with van der Waals surface area (Å²) in [5, 5.41) is 5.92. The van der Waals surface area contributed by atoms with Gasteiger partial charge in [-0.1, -0.05) is 41.5 Å². The third-order valence-corrected chi connectivity index (χ3v) is 4.82. The van der Waals surface area contributed by atoms with Crippen LogP contribution in [0.4, 0.5) is 0 Å². The minimum atomic E-state index is 0.0163. The molecular weight excluding hydrogens is 300 g/mol. The zero-order valence-corrected chi connectivity index (χ0v) is 17.2. The standard InChI is InChI=1S/C10H19NO.C8H15NO.C2H6/c1-7(2)8-5-6-10(3,4)11-9(8)12;1-6(2)7-4-3-5-9-8(7)10;1-2/h7-8H,5-6H2,1-4H3,(H,11,12);6-7H,3-5H2,1-2H3,(H,9,10);1-2H3. The highest BCUT2D eigenvalue weighted by molar-refractivity contribution is 5.80. The summed E-state index contributed by atoms with van der Waals surface area (Å²) in [6.45, 7) is 17.5. The van der Waals surface area contributed by atoms with E-state index in [4.69, 9.17) is 0 Å². The summed E-state index contributed by atoms with van der Waals surface area (Å²) < 4.78 is 0. The first-order valence-electron chi connectivity index (χ1n) is 9.74. The van der Waals surface area contributed by atoms with Crippen molar-refractivity contribution in [1.29, 1.82) is 0 Å². The first-order valence-corrected chi connectivity index (χ1v) is 9.74. The van der Waals surface area contributed by atoms with Crippen LogP contribution < -0.4 is 10.6 Å². The molecule has 2 atom stereocenters. The maximum atomic E-state index is 11.5. The number of piperidine rings is 2. The molecule has 2 heterocycles. The molecule has 0 aromatic heterocycles. The average molecular weight is 341 g/mol. The zero-order chi connectivity index (χ0) is 18.9. The lowest BCUT2D eigenvalue weighted by Crippen LogP contribution is -2.51. The van der Waals surface area contributed by atoms with Gasteiger partial charge in [0, 0.05) is 23.9 Å². The second-order valence-corrected chi connectivity index (χ2v) is 8.05. The fourth-order valence-electron chi connectivity index (χ4n) is 3.20. The molecule has 2 fully saturated rings. The van der Waals surface area contributed by atoms with Crippen LogP contribution in [0.1, 0.15) is 81.1 Å². The van der Waals surface area contributed by atoms with Gasteiger partial charge in [0.2, 0.25) is 11.8 Å². The molecule has 0 aromatic rings. The summed E-state index contributed by atoms with van der Waals surface area (Å²) in [4.78, 5) is 22.7. The molecule has 2 N–H and O–H groups in total. The fourth-order valence-corrected chi connectivity index (χ4v) is 3.20. The van der Waals surface area contributed by atoms with Gasteiger partial charge in [0.25, 0.3) is 0 Å². The quantitative estimate of drug-likeness (QED) is 0.793. The summed E-state index contributed by atoms with van der Waals surface area (Å²) in [5.74, 6) is 1.97. The van der Waals surface area contributed by atoms with Crippen LogP contribution in [0.15, 0.2) is 0 Å². The smallest absolute Gasteiger partial charge is 0.223 e. The lowest BCUT2D eigenvalue weighted by Gasteiger charge is -2.36.